The molecule has 1 atom stereocenters. The van der Waals surface area contributed by atoms with E-state index in [9.17, 15) is 0 Å². The molecule has 118 valence electrons. The van der Waals surface area contributed by atoms with Gasteiger partial charge < -0.3 is 19.8 Å². The molecule has 1 saturated heterocycles. The summed E-state index contributed by atoms with van der Waals surface area (Å²) in [6.07, 6.45) is 2.52. The van der Waals surface area contributed by atoms with Crippen LogP contribution in [0.25, 0.3) is 0 Å². The van der Waals surface area contributed by atoms with Gasteiger partial charge >= 0.3 is 0 Å². The van der Waals surface area contributed by atoms with Gasteiger partial charge in [0, 0.05) is 32.4 Å². The summed E-state index contributed by atoms with van der Waals surface area (Å²) < 4.78 is 11.1. The molecule has 1 aliphatic rings. The molecule has 1 aromatic rings. The molecule has 0 spiro atoms. The van der Waals surface area contributed by atoms with Crippen LogP contribution in [0.5, 0.6) is 0 Å². The molecule has 3 N–H and O–H groups in total. The van der Waals surface area contributed by atoms with E-state index in [2.05, 4.69) is 27.2 Å². The molecular weight excluding hydrogens is 270 g/mol. The van der Waals surface area contributed by atoms with E-state index in [1.165, 1.54) is 0 Å². The lowest BCUT2D eigenvalue weighted by molar-refractivity contribution is 0.115. The van der Waals surface area contributed by atoms with Crippen molar-refractivity contribution in [3.8, 4) is 0 Å². The van der Waals surface area contributed by atoms with E-state index in [1.54, 1.807) is 0 Å². The Hall–Kier alpha value is -1.44. The molecular formula is C14H25N5O2. The third-order valence-electron chi connectivity index (χ3n) is 3.50. The number of nitrogens with one attached hydrogen (secondary N) is 1. The number of rotatable bonds is 8. The van der Waals surface area contributed by atoms with Crippen molar-refractivity contribution in [3.05, 3.63) is 11.9 Å². The Morgan fingerprint density at radius 3 is 2.95 bits per heavy atom. The number of hydrazine groups is 1. The van der Waals surface area contributed by atoms with Gasteiger partial charge in [0.25, 0.3) is 0 Å². The summed E-state index contributed by atoms with van der Waals surface area (Å²) in [4.78, 5) is 11.1. The molecule has 0 saturated carbocycles. The second kappa shape index (κ2) is 8.11. The Kier molecular flexibility index (Phi) is 6.16. The van der Waals surface area contributed by atoms with Crippen LogP contribution in [0.1, 0.15) is 32.5 Å². The predicted molar refractivity (Wildman–Crippen MR) is 82.0 cm³/mol. The van der Waals surface area contributed by atoms with Crippen LogP contribution in [0.3, 0.4) is 0 Å². The maximum Gasteiger partial charge on any atom is 0.158 e. The van der Waals surface area contributed by atoms with E-state index in [4.69, 9.17) is 15.3 Å². The van der Waals surface area contributed by atoms with Gasteiger partial charge in [0.2, 0.25) is 0 Å². The van der Waals surface area contributed by atoms with Crippen molar-refractivity contribution >= 4 is 11.6 Å². The zero-order valence-corrected chi connectivity index (χ0v) is 12.8. The molecule has 0 bridgehead atoms. The fourth-order valence-electron chi connectivity index (χ4n) is 2.40. The minimum atomic E-state index is 0.282. The molecule has 0 radical (unpaired) electrons. The Labute approximate surface area is 125 Å². The second-order valence-corrected chi connectivity index (χ2v) is 4.98. The zero-order chi connectivity index (χ0) is 15.1. The van der Waals surface area contributed by atoms with Gasteiger partial charge in [-0.1, -0.05) is 0 Å². The molecule has 2 rings (SSSR count). The highest BCUT2D eigenvalue weighted by Crippen LogP contribution is 2.20. The Morgan fingerprint density at radius 2 is 2.33 bits per heavy atom. The van der Waals surface area contributed by atoms with Crippen molar-refractivity contribution in [2.24, 2.45) is 5.84 Å². The van der Waals surface area contributed by atoms with Crippen LogP contribution < -0.4 is 16.2 Å². The summed E-state index contributed by atoms with van der Waals surface area (Å²) in [6.45, 7) is 7.62. The van der Waals surface area contributed by atoms with Crippen molar-refractivity contribution in [1.29, 1.82) is 0 Å². The van der Waals surface area contributed by atoms with Crippen LogP contribution >= 0.6 is 0 Å². The summed E-state index contributed by atoms with van der Waals surface area (Å²) in [5.74, 6) is 7.58. The number of hydrogen-bond donors (Lipinski definition) is 2. The molecule has 2 heterocycles. The van der Waals surface area contributed by atoms with Crippen molar-refractivity contribution < 1.29 is 9.47 Å². The first-order valence-corrected chi connectivity index (χ1v) is 7.55. The molecule has 7 nitrogen and oxygen atoms in total. The van der Waals surface area contributed by atoms with Crippen LogP contribution in [-0.2, 0) is 16.1 Å². The highest BCUT2D eigenvalue weighted by molar-refractivity contribution is 5.49. The number of nitrogens with two attached hydrogens (primary N) is 1. The summed E-state index contributed by atoms with van der Waals surface area (Å²) in [5, 5.41) is 0. The normalized spacial score (nSPS) is 18.0. The topological polar surface area (TPSA) is 85.5 Å². The van der Waals surface area contributed by atoms with Crippen LogP contribution in [-0.4, -0.2) is 42.4 Å². The van der Waals surface area contributed by atoms with Crippen molar-refractivity contribution in [2.75, 3.05) is 36.6 Å². The van der Waals surface area contributed by atoms with Crippen LogP contribution in [0.15, 0.2) is 6.07 Å². The highest BCUT2D eigenvalue weighted by atomic mass is 16.5. The highest BCUT2D eigenvalue weighted by Gasteiger charge is 2.20. The summed E-state index contributed by atoms with van der Waals surface area (Å²) in [5.41, 5.74) is 2.59. The second-order valence-electron chi connectivity index (χ2n) is 4.98. The fraction of sp³-hybridized carbons (Fsp3) is 0.714. The van der Waals surface area contributed by atoms with E-state index in [1.807, 2.05) is 13.0 Å². The Balaban J connectivity index is 2.13. The van der Waals surface area contributed by atoms with E-state index < -0.39 is 0 Å². The zero-order valence-electron chi connectivity index (χ0n) is 12.8. The maximum atomic E-state index is 5.71. The quantitative estimate of drug-likeness (QED) is 0.552. The van der Waals surface area contributed by atoms with Gasteiger partial charge in [-0.15, -0.1) is 0 Å². The largest absolute Gasteiger partial charge is 0.376 e. The molecule has 7 heteroatoms. The Morgan fingerprint density at radius 1 is 1.48 bits per heavy atom. The lowest BCUT2D eigenvalue weighted by atomic mass is 10.2. The fourth-order valence-corrected chi connectivity index (χ4v) is 2.40. The van der Waals surface area contributed by atoms with Gasteiger partial charge in [0.15, 0.2) is 5.82 Å². The number of anilines is 2. The molecule has 1 aromatic heterocycles. The monoisotopic (exact) mass is 295 g/mol. The average Bonchev–Trinajstić information content (AvgIpc) is 3.03. The van der Waals surface area contributed by atoms with E-state index in [0.29, 0.717) is 24.9 Å². The summed E-state index contributed by atoms with van der Waals surface area (Å²) in [6, 6.07) is 1.86. The molecule has 1 aliphatic heterocycles. The van der Waals surface area contributed by atoms with Crippen molar-refractivity contribution in [1.82, 2.24) is 9.97 Å². The third-order valence-corrected chi connectivity index (χ3v) is 3.50. The van der Waals surface area contributed by atoms with Gasteiger partial charge in [0.05, 0.1) is 6.10 Å². The van der Waals surface area contributed by atoms with Crippen LogP contribution in [0.2, 0.25) is 0 Å². The number of likely N-dealkylation sites (N-methyl/N-ethyl adjacent to an activating group) is 1. The molecule has 0 aliphatic carbocycles. The Bertz CT molecular complexity index is 437. The predicted octanol–water partition coefficient (Wildman–Crippen LogP) is 1.30. The third kappa shape index (κ3) is 4.52. The molecule has 21 heavy (non-hydrogen) atoms. The van der Waals surface area contributed by atoms with Crippen LogP contribution in [0, 0.1) is 0 Å². The molecule has 0 aromatic carbocycles. The first-order valence-electron chi connectivity index (χ1n) is 7.55. The van der Waals surface area contributed by atoms with Gasteiger partial charge in [-0.2, -0.15) is 0 Å². The minimum absolute atomic E-state index is 0.282. The smallest absolute Gasteiger partial charge is 0.158 e. The summed E-state index contributed by atoms with van der Waals surface area (Å²) in [7, 11) is 0. The number of nitrogen functional groups attached to an aromatic ring is 1. The molecule has 1 unspecified atom stereocenters. The number of hydrogen-bond acceptors (Lipinski definition) is 7. The number of aromatic nitrogens is 2. The van der Waals surface area contributed by atoms with E-state index >= 15 is 0 Å². The van der Waals surface area contributed by atoms with E-state index in [-0.39, 0.29) is 6.10 Å². The van der Waals surface area contributed by atoms with Gasteiger partial charge in [-0.25, -0.2) is 15.8 Å². The SMILES string of the molecule is CCOCc1nc(NN)cc(N(CC)CC2CCCO2)n1. The lowest BCUT2D eigenvalue weighted by Gasteiger charge is -2.25. The number of nitrogens with zero attached hydrogens (tertiary/aromatic N) is 3. The van der Waals surface area contributed by atoms with Gasteiger partial charge in [-0.05, 0) is 26.7 Å². The summed E-state index contributed by atoms with van der Waals surface area (Å²) >= 11 is 0. The van der Waals surface area contributed by atoms with Crippen molar-refractivity contribution in [2.45, 2.75) is 39.4 Å². The van der Waals surface area contributed by atoms with Crippen LogP contribution in [0.4, 0.5) is 11.6 Å². The van der Waals surface area contributed by atoms with Gasteiger partial charge in [-0.3, -0.25) is 0 Å². The molecule has 1 fully saturated rings. The lowest BCUT2D eigenvalue weighted by Crippen LogP contribution is -2.33. The number of ether oxygens (including phenoxy) is 2. The maximum absolute atomic E-state index is 5.71. The standard InChI is InChI=1S/C14H25N5O2/c1-3-19(9-11-6-5-7-21-11)14-8-12(18-15)16-13(17-14)10-20-4-2/h8,11H,3-7,9-10,15H2,1-2H3,(H,16,17,18). The first kappa shape index (κ1) is 15.9. The first-order chi connectivity index (χ1) is 10.3. The van der Waals surface area contributed by atoms with Gasteiger partial charge in [0.1, 0.15) is 18.2 Å². The van der Waals surface area contributed by atoms with E-state index in [0.717, 1.165) is 38.4 Å². The molecule has 0 amide bonds. The minimum Gasteiger partial charge on any atom is -0.376 e. The average molecular weight is 295 g/mol. The van der Waals surface area contributed by atoms with Crippen molar-refractivity contribution in [3.63, 3.8) is 0 Å².